The van der Waals surface area contributed by atoms with E-state index in [4.69, 9.17) is 18.9 Å². The van der Waals surface area contributed by atoms with Gasteiger partial charge < -0.3 is 18.9 Å². The molecule has 1 heterocycles. The molecule has 39 heavy (non-hydrogen) atoms. The highest BCUT2D eigenvalue weighted by Crippen LogP contribution is 2.44. The Kier molecular flexibility index (Phi) is 14.1. The summed E-state index contributed by atoms with van der Waals surface area (Å²) in [4.78, 5) is 0. The molecular weight excluding hydrogens is 613 g/mol. The van der Waals surface area contributed by atoms with Crippen LogP contribution >= 0.6 is 22.6 Å². The molecule has 1 aliphatic heterocycles. The Bertz CT molecular complexity index is 945. The molecule has 5 atom stereocenters. The van der Waals surface area contributed by atoms with Gasteiger partial charge in [0.2, 0.25) is 0 Å². The topological polar surface area (TPSA) is 36.9 Å². The predicted octanol–water partition coefficient (Wildman–Crippen LogP) is 8.13. The van der Waals surface area contributed by atoms with Crippen molar-refractivity contribution in [2.45, 2.75) is 100.0 Å². The zero-order valence-electron chi connectivity index (χ0n) is 23.6. The molecule has 0 amide bonds. The summed E-state index contributed by atoms with van der Waals surface area (Å²) in [7, 11) is 0. The minimum absolute atomic E-state index is 0.0205. The number of rotatable bonds is 17. The molecule has 218 valence electrons. The molecule has 4 nitrogen and oxygen atoms in total. The molecule has 0 N–H and O–H groups in total. The van der Waals surface area contributed by atoms with E-state index in [1.54, 1.807) is 12.1 Å². The molecule has 3 rings (SSSR count). The van der Waals surface area contributed by atoms with Gasteiger partial charge in [-0.1, -0.05) is 117 Å². The molecule has 2 aromatic rings. The van der Waals surface area contributed by atoms with Crippen LogP contribution in [-0.2, 0) is 31.3 Å². The average Bonchev–Trinajstić information content (AvgIpc) is 2.94. The van der Waals surface area contributed by atoms with E-state index in [0.29, 0.717) is 31.8 Å². The fourth-order valence-electron chi connectivity index (χ4n) is 4.84. The molecule has 0 saturated carbocycles. The molecule has 0 unspecified atom stereocenters. The van der Waals surface area contributed by atoms with Gasteiger partial charge in [0, 0.05) is 25.4 Å². The number of ether oxygens (including phenoxy) is 4. The molecule has 0 spiro atoms. The maximum Gasteiger partial charge on any atom is 0.301 e. The first kappa shape index (κ1) is 32.4. The SMILES string of the molecule is CCCCOC[C@H]1O[C@@H](C(F)(F)c2ccccc2Cc2ccccc2)[C@H](OCCCC)[C@@H](OCCCC)[C@@H]1I. The van der Waals surface area contributed by atoms with E-state index in [2.05, 4.69) is 43.4 Å². The lowest BCUT2D eigenvalue weighted by Crippen LogP contribution is -2.62. The van der Waals surface area contributed by atoms with Crippen molar-refractivity contribution >= 4 is 22.6 Å². The van der Waals surface area contributed by atoms with Crippen molar-refractivity contribution in [3.8, 4) is 0 Å². The van der Waals surface area contributed by atoms with Gasteiger partial charge in [-0.3, -0.25) is 0 Å². The molecule has 1 saturated heterocycles. The summed E-state index contributed by atoms with van der Waals surface area (Å²) < 4.78 is 58.1. The number of unbranched alkanes of at least 4 members (excludes halogenated alkanes) is 3. The first-order valence-corrected chi connectivity index (χ1v) is 15.8. The molecule has 0 radical (unpaired) electrons. The van der Waals surface area contributed by atoms with Gasteiger partial charge in [0.05, 0.1) is 16.6 Å². The van der Waals surface area contributed by atoms with Crippen LogP contribution < -0.4 is 0 Å². The first-order chi connectivity index (χ1) is 18.9. The Hall–Kier alpha value is -1.13. The molecule has 1 fully saturated rings. The second-order valence-electron chi connectivity index (χ2n) is 10.3. The summed E-state index contributed by atoms with van der Waals surface area (Å²) in [6.07, 6.45) is 2.41. The number of benzene rings is 2. The van der Waals surface area contributed by atoms with E-state index >= 15 is 8.78 Å². The zero-order chi connectivity index (χ0) is 28.1. The van der Waals surface area contributed by atoms with Gasteiger partial charge in [0.1, 0.15) is 12.2 Å². The smallest absolute Gasteiger partial charge is 0.301 e. The maximum absolute atomic E-state index is 16.8. The number of hydrogen-bond acceptors (Lipinski definition) is 4. The minimum Gasteiger partial charge on any atom is -0.379 e. The quantitative estimate of drug-likeness (QED) is 0.0978. The van der Waals surface area contributed by atoms with Crippen molar-refractivity contribution in [2.24, 2.45) is 0 Å². The molecule has 0 aromatic heterocycles. The monoisotopic (exact) mass is 658 g/mol. The van der Waals surface area contributed by atoms with Gasteiger partial charge >= 0.3 is 5.92 Å². The summed E-state index contributed by atoms with van der Waals surface area (Å²) in [6, 6.07) is 16.5. The highest BCUT2D eigenvalue weighted by molar-refractivity contribution is 14.1. The van der Waals surface area contributed by atoms with Gasteiger partial charge in [-0.2, -0.15) is 8.78 Å². The Morgan fingerprint density at radius 3 is 2.05 bits per heavy atom. The van der Waals surface area contributed by atoms with Crippen LogP contribution in [0.25, 0.3) is 0 Å². The Morgan fingerprint density at radius 1 is 0.795 bits per heavy atom. The minimum atomic E-state index is -3.30. The number of alkyl halides is 3. The van der Waals surface area contributed by atoms with Gasteiger partial charge in [0.25, 0.3) is 0 Å². The van der Waals surface area contributed by atoms with E-state index < -0.39 is 30.3 Å². The molecular formula is C32H45F2IO4. The van der Waals surface area contributed by atoms with Gasteiger partial charge in [0.15, 0.2) is 6.10 Å². The van der Waals surface area contributed by atoms with E-state index in [0.717, 1.165) is 44.1 Å². The van der Waals surface area contributed by atoms with Gasteiger partial charge in [-0.25, -0.2) is 0 Å². The average molecular weight is 659 g/mol. The van der Waals surface area contributed by atoms with Crippen LogP contribution in [0.4, 0.5) is 8.78 Å². The zero-order valence-corrected chi connectivity index (χ0v) is 25.8. The largest absolute Gasteiger partial charge is 0.379 e. The third-order valence-electron chi connectivity index (χ3n) is 7.12. The molecule has 0 bridgehead atoms. The van der Waals surface area contributed by atoms with Crippen LogP contribution in [-0.4, -0.2) is 54.8 Å². The van der Waals surface area contributed by atoms with Crippen molar-refractivity contribution in [1.29, 1.82) is 0 Å². The fraction of sp³-hybridized carbons (Fsp3) is 0.625. The molecule has 7 heteroatoms. The third-order valence-corrected chi connectivity index (χ3v) is 8.64. The van der Waals surface area contributed by atoms with Gasteiger partial charge in [-0.15, -0.1) is 0 Å². The first-order valence-electron chi connectivity index (χ1n) is 14.5. The second kappa shape index (κ2) is 17.0. The van der Waals surface area contributed by atoms with E-state index in [1.165, 1.54) is 6.07 Å². The normalized spacial score (nSPS) is 23.7. The number of halogens is 3. The van der Waals surface area contributed by atoms with Gasteiger partial charge in [-0.05, 0) is 36.8 Å². The van der Waals surface area contributed by atoms with Crippen LogP contribution in [0.1, 0.15) is 76.0 Å². The van der Waals surface area contributed by atoms with Crippen LogP contribution in [0.3, 0.4) is 0 Å². The van der Waals surface area contributed by atoms with Crippen LogP contribution in [0, 0.1) is 0 Å². The summed E-state index contributed by atoms with van der Waals surface area (Å²) in [6.45, 7) is 7.97. The molecule has 1 aliphatic rings. The van der Waals surface area contributed by atoms with E-state index in [-0.39, 0.29) is 16.1 Å². The van der Waals surface area contributed by atoms with Crippen molar-refractivity contribution in [3.63, 3.8) is 0 Å². The summed E-state index contributed by atoms with van der Waals surface area (Å²) in [5, 5.41) is 0. The third kappa shape index (κ3) is 9.18. The Labute approximate surface area is 247 Å². The number of hydrogen-bond donors (Lipinski definition) is 0. The van der Waals surface area contributed by atoms with Crippen molar-refractivity contribution < 1.29 is 27.7 Å². The maximum atomic E-state index is 16.8. The molecule has 0 aliphatic carbocycles. The Balaban J connectivity index is 1.96. The van der Waals surface area contributed by atoms with Crippen LogP contribution in [0.15, 0.2) is 54.6 Å². The Morgan fingerprint density at radius 2 is 1.38 bits per heavy atom. The summed E-state index contributed by atoms with van der Waals surface area (Å²) >= 11 is 2.29. The fourth-order valence-corrected chi connectivity index (χ4v) is 5.83. The van der Waals surface area contributed by atoms with Crippen LogP contribution in [0.2, 0.25) is 0 Å². The lowest BCUT2D eigenvalue weighted by Gasteiger charge is -2.47. The van der Waals surface area contributed by atoms with Crippen molar-refractivity contribution in [3.05, 3.63) is 71.3 Å². The lowest BCUT2D eigenvalue weighted by molar-refractivity contribution is -0.267. The predicted molar refractivity (Wildman–Crippen MR) is 161 cm³/mol. The van der Waals surface area contributed by atoms with Crippen molar-refractivity contribution in [2.75, 3.05) is 26.4 Å². The van der Waals surface area contributed by atoms with E-state index in [9.17, 15) is 0 Å². The highest BCUT2D eigenvalue weighted by atomic mass is 127. The van der Waals surface area contributed by atoms with Crippen molar-refractivity contribution in [1.82, 2.24) is 0 Å². The second-order valence-corrected chi connectivity index (χ2v) is 11.7. The van der Waals surface area contributed by atoms with E-state index in [1.807, 2.05) is 36.4 Å². The summed E-state index contributed by atoms with van der Waals surface area (Å²) in [5.41, 5.74) is 1.55. The standard InChI is InChI=1S/C32H45F2IO4/c1-4-7-19-36-23-27-28(35)29(37-20-8-5-2)30(38-21-9-6-3)31(39-27)32(33,34)26-18-14-13-17-25(26)22-24-15-11-10-12-16-24/h10-18,27-31H,4-9,19-23H2,1-3H3/t27-,28-,29+,30-,31-/m1/s1. The van der Waals surface area contributed by atoms with Crippen LogP contribution in [0.5, 0.6) is 0 Å². The lowest BCUT2D eigenvalue weighted by atomic mass is 9.87. The highest BCUT2D eigenvalue weighted by Gasteiger charge is 2.57. The summed E-state index contributed by atoms with van der Waals surface area (Å²) in [5.74, 6) is -3.30. The molecule has 2 aromatic carbocycles.